The van der Waals surface area contributed by atoms with Gasteiger partial charge in [0.1, 0.15) is 6.33 Å². The summed E-state index contributed by atoms with van der Waals surface area (Å²) < 4.78 is 13.4. The quantitative estimate of drug-likeness (QED) is 0.679. The number of nitrogens with zero attached hydrogens (tertiary/aromatic N) is 3. The lowest BCUT2D eigenvalue weighted by molar-refractivity contribution is 0.173. The zero-order valence-electron chi connectivity index (χ0n) is 8.96. The lowest BCUT2D eigenvalue weighted by atomic mass is 10.2. The van der Waals surface area contributed by atoms with Crippen LogP contribution in [0.5, 0.6) is 11.5 Å². The number of hydrogen-bond acceptors (Lipinski definition) is 5. The summed E-state index contributed by atoms with van der Waals surface area (Å²) in [6.45, 7) is 0.237. The van der Waals surface area contributed by atoms with E-state index in [1.165, 1.54) is 11.0 Å². The average Bonchev–Trinajstić information content (AvgIpc) is 2.95. The number of H-pyrrole nitrogens is 1. The summed E-state index contributed by atoms with van der Waals surface area (Å²) >= 11 is 8.40. The van der Waals surface area contributed by atoms with Crippen molar-refractivity contribution in [1.29, 1.82) is 0 Å². The molecule has 0 saturated heterocycles. The van der Waals surface area contributed by atoms with E-state index in [4.69, 9.17) is 21.7 Å². The van der Waals surface area contributed by atoms with Gasteiger partial charge in [-0.25, -0.2) is 0 Å². The van der Waals surface area contributed by atoms with E-state index >= 15 is 0 Å². The molecule has 1 aliphatic heterocycles. The third-order valence-corrected chi connectivity index (χ3v) is 3.18. The smallest absolute Gasteiger partial charge is 0.231 e. The zero-order valence-corrected chi connectivity index (χ0v) is 11.4. The molecule has 8 heteroatoms. The average molecular weight is 327 g/mol. The Morgan fingerprint density at radius 1 is 1.50 bits per heavy atom. The maximum absolute atomic E-state index is 5.32. The van der Waals surface area contributed by atoms with Crippen LogP contribution in [0.3, 0.4) is 0 Å². The molecule has 2 aromatic rings. The first kappa shape index (κ1) is 11.4. The van der Waals surface area contributed by atoms with Crippen molar-refractivity contribution in [2.24, 2.45) is 5.10 Å². The molecule has 0 atom stereocenters. The minimum Gasteiger partial charge on any atom is -0.454 e. The fourth-order valence-electron chi connectivity index (χ4n) is 1.52. The van der Waals surface area contributed by atoms with Crippen molar-refractivity contribution >= 4 is 34.4 Å². The van der Waals surface area contributed by atoms with Gasteiger partial charge in [0.05, 0.1) is 10.7 Å². The van der Waals surface area contributed by atoms with Crippen molar-refractivity contribution in [3.63, 3.8) is 0 Å². The molecule has 0 unspecified atom stereocenters. The van der Waals surface area contributed by atoms with Crippen molar-refractivity contribution in [1.82, 2.24) is 14.9 Å². The first-order valence-corrected chi connectivity index (χ1v) is 6.20. The molecule has 0 amide bonds. The summed E-state index contributed by atoms with van der Waals surface area (Å²) in [6.07, 6.45) is 3.17. The number of ether oxygens (including phenoxy) is 2. The summed E-state index contributed by atoms with van der Waals surface area (Å²) in [5.41, 5.74) is 0.870. The normalized spacial score (nSPS) is 13.4. The molecule has 0 bridgehead atoms. The van der Waals surface area contributed by atoms with Crippen molar-refractivity contribution in [3.05, 3.63) is 33.3 Å². The molecule has 6 nitrogen and oxygen atoms in total. The van der Waals surface area contributed by atoms with Crippen LogP contribution in [0, 0.1) is 4.77 Å². The fraction of sp³-hybridized carbons (Fsp3) is 0.100. The van der Waals surface area contributed by atoms with Gasteiger partial charge in [0.15, 0.2) is 11.5 Å². The molecule has 3 rings (SSSR count). The molecule has 92 valence electrons. The Labute approximate surface area is 115 Å². The Hall–Kier alpha value is -1.67. The van der Waals surface area contributed by atoms with Gasteiger partial charge in [-0.05, 0) is 45.8 Å². The number of aromatic nitrogens is 3. The minimum absolute atomic E-state index is 0.237. The Bertz CT molecular complexity index is 679. The number of aromatic amines is 1. The Morgan fingerprint density at radius 3 is 3.17 bits per heavy atom. The van der Waals surface area contributed by atoms with E-state index in [0.717, 1.165) is 10.0 Å². The molecule has 0 aliphatic carbocycles. The second kappa shape index (κ2) is 4.54. The lowest BCUT2D eigenvalue weighted by Gasteiger charge is -2.00. The second-order valence-electron chi connectivity index (χ2n) is 3.49. The predicted octanol–water partition coefficient (Wildman–Crippen LogP) is 2.31. The maximum Gasteiger partial charge on any atom is 0.231 e. The largest absolute Gasteiger partial charge is 0.454 e. The molecule has 18 heavy (non-hydrogen) atoms. The van der Waals surface area contributed by atoms with Gasteiger partial charge < -0.3 is 9.47 Å². The molecule has 1 aromatic carbocycles. The number of benzene rings is 1. The van der Waals surface area contributed by atoms with Crippen LogP contribution in [-0.2, 0) is 0 Å². The summed E-state index contributed by atoms with van der Waals surface area (Å²) in [7, 11) is 0. The molecule has 0 radical (unpaired) electrons. The SMILES string of the molecule is S=c1[nH]ncn1/N=C\c1cc(Br)c2c(c1)OCO2. The van der Waals surface area contributed by atoms with E-state index in [1.807, 2.05) is 12.1 Å². The molecule has 1 aromatic heterocycles. The van der Waals surface area contributed by atoms with Crippen LogP contribution in [0.15, 0.2) is 28.0 Å². The van der Waals surface area contributed by atoms with Crippen molar-refractivity contribution in [2.45, 2.75) is 0 Å². The van der Waals surface area contributed by atoms with Gasteiger partial charge in [0, 0.05) is 0 Å². The summed E-state index contributed by atoms with van der Waals surface area (Å²) in [4.78, 5) is 0. The third-order valence-electron chi connectivity index (χ3n) is 2.32. The standard InChI is InChI=1S/C10H7BrN4O2S/c11-7-1-6(2-8-9(7)17-5-16-8)3-13-15-4-12-14-10(15)18/h1-4H,5H2,(H,14,18)/b13-3-. The second-order valence-corrected chi connectivity index (χ2v) is 4.73. The van der Waals surface area contributed by atoms with Crippen LogP contribution < -0.4 is 9.47 Å². The monoisotopic (exact) mass is 326 g/mol. The van der Waals surface area contributed by atoms with Crippen LogP contribution in [0.1, 0.15) is 5.56 Å². The number of rotatable bonds is 2. The highest BCUT2D eigenvalue weighted by Gasteiger charge is 2.17. The van der Waals surface area contributed by atoms with Crippen LogP contribution in [-0.4, -0.2) is 27.9 Å². The Kier molecular flexibility index (Phi) is 2.88. The highest BCUT2D eigenvalue weighted by atomic mass is 79.9. The van der Waals surface area contributed by atoms with Crippen molar-refractivity contribution in [2.75, 3.05) is 6.79 Å². The molecular weight excluding hydrogens is 320 g/mol. The van der Waals surface area contributed by atoms with Crippen LogP contribution in [0.25, 0.3) is 0 Å². The van der Waals surface area contributed by atoms with Gasteiger partial charge in [-0.15, -0.1) is 0 Å². The van der Waals surface area contributed by atoms with E-state index in [-0.39, 0.29) is 6.79 Å². The van der Waals surface area contributed by atoms with Crippen LogP contribution in [0.2, 0.25) is 0 Å². The molecule has 0 fully saturated rings. The first-order valence-electron chi connectivity index (χ1n) is 4.99. The summed E-state index contributed by atoms with van der Waals surface area (Å²) in [5.74, 6) is 1.41. The van der Waals surface area contributed by atoms with E-state index < -0.39 is 0 Å². The molecule has 0 saturated carbocycles. The third kappa shape index (κ3) is 2.04. The Morgan fingerprint density at radius 2 is 2.39 bits per heavy atom. The van der Waals surface area contributed by atoms with Crippen molar-refractivity contribution < 1.29 is 9.47 Å². The topological polar surface area (TPSA) is 64.4 Å². The molecule has 2 heterocycles. The van der Waals surface area contributed by atoms with E-state index in [9.17, 15) is 0 Å². The minimum atomic E-state index is 0.237. The van der Waals surface area contributed by atoms with Gasteiger partial charge in [-0.1, -0.05) is 0 Å². The molecule has 1 N–H and O–H groups in total. The highest BCUT2D eigenvalue weighted by Crippen LogP contribution is 2.39. The fourth-order valence-corrected chi connectivity index (χ4v) is 2.24. The summed E-state index contributed by atoms with van der Waals surface area (Å²) in [6, 6.07) is 3.74. The number of halogens is 1. The Balaban J connectivity index is 1.94. The van der Waals surface area contributed by atoms with Gasteiger partial charge in [0.25, 0.3) is 0 Å². The van der Waals surface area contributed by atoms with E-state index in [0.29, 0.717) is 16.3 Å². The van der Waals surface area contributed by atoms with E-state index in [2.05, 4.69) is 31.2 Å². The van der Waals surface area contributed by atoms with Crippen LogP contribution >= 0.6 is 28.1 Å². The van der Waals surface area contributed by atoms with Gasteiger partial charge in [-0.3, -0.25) is 5.10 Å². The van der Waals surface area contributed by atoms with Gasteiger partial charge >= 0.3 is 0 Å². The number of nitrogens with one attached hydrogen (secondary N) is 1. The van der Waals surface area contributed by atoms with E-state index in [1.54, 1.807) is 6.21 Å². The van der Waals surface area contributed by atoms with Gasteiger partial charge in [-0.2, -0.15) is 14.9 Å². The first-order chi connectivity index (χ1) is 8.74. The van der Waals surface area contributed by atoms with Gasteiger partial charge in [0.2, 0.25) is 11.6 Å². The maximum atomic E-state index is 5.32. The van der Waals surface area contributed by atoms with Crippen molar-refractivity contribution in [3.8, 4) is 11.5 Å². The summed E-state index contributed by atoms with van der Waals surface area (Å²) in [5, 5.41) is 10.6. The predicted molar refractivity (Wildman–Crippen MR) is 70.7 cm³/mol. The lowest BCUT2D eigenvalue weighted by Crippen LogP contribution is -1.93. The zero-order chi connectivity index (χ0) is 12.5. The van der Waals surface area contributed by atoms with Crippen LogP contribution in [0.4, 0.5) is 0 Å². The molecule has 0 spiro atoms. The molecular formula is C10H7BrN4O2S. The number of fused-ring (bicyclic) bond motifs is 1. The molecule has 1 aliphatic rings. The number of hydrogen-bond donors (Lipinski definition) is 1. The highest BCUT2D eigenvalue weighted by molar-refractivity contribution is 9.10.